The van der Waals surface area contributed by atoms with Crippen molar-refractivity contribution in [1.29, 1.82) is 0 Å². The van der Waals surface area contributed by atoms with Crippen molar-refractivity contribution < 1.29 is 9.59 Å². The molecule has 7 nitrogen and oxygen atoms in total. The van der Waals surface area contributed by atoms with E-state index in [0.29, 0.717) is 31.2 Å². The van der Waals surface area contributed by atoms with Gasteiger partial charge in [-0.1, -0.05) is 39.0 Å². The molecule has 0 atom stereocenters. The van der Waals surface area contributed by atoms with E-state index >= 15 is 0 Å². The quantitative estimate of drug-likeness (QED) is 0.714. The number of hydrogen-bond donors (Lipinski definition) is 0. The van der Waals surface area contributed by atoms with Gasteiger partial charge in [0.1, 0.15) is 5.69 Å². The molecule has 32 heavy (non-hydrogen) atoms. The van der Waals surface area contributed by atoms with Gasteiger partial charge in [0.15, 0.2) is 0 Å². The van der Waals surface area contributed by atoms with Crippen molar-refractivity contribution in [3.8, 4) is 0 Å². The molecule has 0 spiro atoms. The number of fused-ring (bicyclic) bond motifs is 1. The fourth-order valence-corrected chi connectivity index (χ4v) is 4.33. The van der Waals surface area contributed by atoms with Gasteiger partial charge in [-0.25, -0.2) is 0 Å². The van der Waals surface area contributed by atoms with E-state index in [1.54, 1.807) is 6.92 Å². The van der Waals surface area contributed by atoms with Gasteiger partial charge in [-0.2, -0.15) is 5.10 Å². The molecule has 174 valence electrons. The van der Waals surface area contributed by atoms with Crippen LogP contribution in [-0.2, 0) is 17.9 Å². The number of benzene rings is 1. The maximum absolute atomic E-state index is 13.5. The van der Waals surface area contributed by atoms with Crippen LogP contribution < -0.4 is 4.90 Å². The SMILES string of the molecule is CCCn1ccc(C(=O)N2CCN(CC(C)C)CCCN(C(C)=O)c3ccccc3C2)n1. The highest BCUT2D eigenvalue weighted by Gasteiger charge is 2.24. The Balaban J connectivity index is 1.93. The number of aromatic nitrogens is 2. The van der Waals surface area contributed by atoms with Gasteiger partial charge in [-0.15, -0.1) is 0 Å². The van der Waals surface area contributed by atoms with Gasteiger partial charge in [0.05, 0.1) is 0 Å². The van der Waals surface area contributed by atoms with E-state index in [2.05, 4.69) is 30.8 Å². The Morgan fingerprint density at radius 3 is 2.56 bits per heavy atom. The van der Waals surface area contributed by atoms with E-state index in [0.717, 1.165) is 50.3 Å². The summed E-state index contributed by atoms with van der Waals surface area (Å²) in [5.41, 5.74) is 2.36. The zero-order chi connectivity index (χ0) is 23.1. The van der Waals surface area contributed by atoms with E-state index in [1.807, 2.05) is 51.0 Å². The van der Waals surface area contributed by atoms with E-state index in [-0.39, 0.29) is 11.8 Å². The molecule has 0 N–H and O–H groups in total. The van der Waals surface area contributed by atoms with Crippen LogP contribution in [-0.4, -0.2) is 64.1 Å². The number of amides is 2. The number of carbonyl (C=O) groups is 2. The average Bonchev–Trinajstić information content (AvgIpc) is 3.20. The van der Waals surface area contributed by atoms with Crippen molar-refractivity contribution >= 4 is 17.5 Å². The third kappa shape index (κ3) is 6.19. The van der Waals surface area contributed by atoms with Crippen molar-refractivity contribution in [2.45, 2.75) is 53.6 Å². The van der Waals surface area contributed by atoms with Crippen LogP contribution in [0, 0.1) is 5.92 Å². The molecule has 7 heteroatoms. The second kappa shape index (κ2) is 11.3. The first-order valence-electron chi connectivity index (χ1n) is 11.8. The minimum absolute atomic E-state index is 0.0308. The molecule has 0 saturated heterocycles. The van der Waals surface area contributed by atoms with Crippen molar-refractivity contribution in [2.24, 2.45) is 5.92 Å². The lowest BCUT2D eigenvalue weighted by molar-refractivity contribution is -0.116. The van der Waals surface area contributed by atoms with Crippen molar-refractivity contribution in [3.05, 3.63) is 47.8 Å². The molecule has 0 radical (unpaired) electrons. The summed E-state index contributed by atoms with van der Waals surface area (Å²) < 4.78 is 1.83. The van der Waals surface area contributed by atoms with Gasteiger partial charge in [0.25, 0.3) is 5.91 Å². The number of nitrogens with zero attached hydrogens (tertiary/aromatic N) is 5. The van der Waals surface area contributed by atoms with Crippen LogP contribution >= 0.6 is 0 Å². The van der Waals surface area contributed by atoms with Crippen LogP contribution in [0.4, 0.5) is 5.69 Å². The predicted octanol–water partition coefficient (Wildman–Crippen LogP) is 3.65. The second-order valence-electron chi connectivity index (χ2n) is 9.04. The zero-order valence-electron chi connectivity index (χ0n) is 20.0. The first-order chi connectivity index (χ1) is 15.4. The van der Waals surface area contributed by atoms with Crippen molar-refractivity contribution in [3.63, 3.8) is 0 Å². The highest BCUT2D eigenvalue weighted by atomic mass is 16.2. The number of carbonyl (C=O) groups excluding carboxylic acids is 2. The third-order valence-electron chi connectivity index (χ3n) is 5.79. The summed E-state index contributed by atoms with van der Waals surface area (Å²) in [6.07, 6.45) is 3.74. The molecule has 2 aromatic rings. The van der Waals surface area contributed by atoms with Gasteiger partial charge in [0, 0.05) is 58.1 Å². The fraction of sp³-hybridized carbons (Fsp3) is 0.560. The summed E-state index contributed by atoms with van der Waals surface area (Å²) in [6, 6.07) is 9.74. The summed E-state index contributed by atoms with van der Waals surface area (Å²) in [7, 11) is 0. The maximum atomic E-state index is 13.5. The number of para-hydroxylation sites is 1. The highest BCUT2D eigenvalue weighted by Crippen LogP contribution is 2.24. The number of anilines is 1. The number of hydrogen-bond acceptors (Lipinski definition) is 4. The number of aryl methyl sites for hydroxylation is 1. The molecule has 1 aromatic carbocycles. The lowest BCUT2D eigenvalue weighted by Gasteiger charge is -2.28. The van der Waals surface area contributed by atoms with Crippen LogP contribution in [0.25, 0.3) is 0 Å². The Bertz CT molecular complexity index is 907. The summed E-state index contributed by atoms with van der Waals surface area (Å²) in [5, 5.41) is 4.50. The molecular weight excluding hydrogens is 402 g/mol. The van der Waals surface area contributed by atoms with Crippen LogP contribution in [0.3, 0.4) is 0 Å². The van der Waals surface area contributed by atoms with E-state index < -0.39 is 0 Å². The van der Waals surface area contributed by atoms with Gasteiger partial charge in [0.2, 0.25) is 5.91 Å². The molecule has 0 bridgehead atoms. The van der Waals surface area contributed by atoms with E-state index in [4.69, 9.17) is 0 Å². The summed E-state index contributed by atoms with van der Waals surface area (Å²) in [5.74, 6) is 0.506. The second-order valence-corrected chi connectivity index (χ2v) is 9.04. The first kappa shape index (κ1) is 24.0. The van der Waals surface area contributed by atoms with Gasteiger partial charge >= 0.3 is 0 Å². The first-order valence-corrected chi connectivity index (χ1v) is 11.8. The summed E-state index contributed by atoms with van der Waals surface area (Å²) >= 11 is 0. The van der Waals surface area contributed by atoms with Crippen LogP contribution in [0.2, 0.25) is 0 Å². The lowest BCUT2D eigenvalue weighted by atomic mass is 10.1. The Kier molecular flexibility index (Phi) is 8.45. The zero-order valence-corrected chi connectivity index (χ0v) is 20.0. The molecule has 1 aliphatic rings. The molecule has 2 amide bonds. The molecule has 0 saturated carbocycles. The molecule has 1 aliphatic heterocycles. The number of rotatable bonds is 5. The van der Waals surface area contributed by atoms with Gasteiger partial charge < -0.3 is 14.7 Å². The molecular formula is C25H37N5O2. The Labute approximate surface area is 192 Å². The predicted molar refractivity (Wildman–Crippen MR) is 128 cm³/mol. The van der Waals surface area contributed by atoms with Crippen molar-refractivity contribution in [2.75, 3.05) is 37.6 Å². The molecule has 3 rings (SSSR count). The maximum Gasteiger partial charge on any atom is 0.274 e. The minimum Gasteiger partial charge on any atom is -0.332 e. The Hall–Kier alpha value is -2.67. The third-order valence-corrected chi connectivity index (χ3v) is 5.79. The summed E-state index contributed by atoms with van der Waals surface area (Å²) in [4.78, 5) is 32.1. The van der Waals surface area contributed by atoms with Gasteiger partial charge in [-0.05, 0) is 43.0 Å². The average molecular weight is 440 g/mol. The van der Waals surface area contributed by atoms with Crippen LogP contribution in [0.1, 0.15) is 56.6 Å². The van der Waals surface area contributed by atoms with E-state index in [9.17, 15) is 9.59 Å². The van der Waals surface area contributed by atoms with Crippen LogP contribution in [0.5, 0.6) is 0 Å². The largest absolute Gasteiger partial charge is 0.332 e. The molecule has 0 unspecified atom stereocenters. The fourth-order valence-electron chi connectivity index (χ4n) is 4.33. The standard InChI is InChI=1S/C25H37N5O2/c1-5-12-29-15-11-23(26-29)25(32)28-17-16-27(18-20(2)3)13-8-14-30(21(4)31)24-10-7-6-9-22(24)19-28/h6-7,9-11,15,20H,5,8,12-14,16-19H2,1-4H3. The molecule has 0 fully saturated rings. The molecule has 1 aromatic heterocycles. The lowest BCUT2D eigenvalue weighted by Crippen LogP contribution is -2.40. The Morgan fingerprint density at radius 2 is 1.84 bits per heavy atom. The summed E-state index contributed by atoms with van der Waals surface area (Å²) in [6.45, 7) is 13.4. The van der Waals surface area contributed by atoms with Gasteiger partial charge in [-0.3, -0.25) is 14.3 Å². The molecule has 2 heterocycles. The smallest absolute Gasteiger partial charge is 0.274 e. The highest BCUT2D eigenvalue weighted by molar-refractivity contribution is 5.93. The molecule has 0 aliphatic carbocycles. The van der Waals surface area contributed by atoms with E-state index in [1.165, 1.54) is 0 Å². The Morgan fingerprint density at radius 1 is 1.06 bits per heavy atom. The van der Waals surface area contributed by atoms with Crippen LogP contribution in [0.15, 0.2) is 36.5 Å². The van der Waals surface area contributed by atoms with Crippen molar-refractivity contribution in [1.82, 2.24) is 19.6 Å². The minimum atomic E-state index is -0.0622. The normalized spacial score (nSPS) is 16.0. The topological polar surface area (TPSA) is 61.7 Å². The monoisotopic (exact) mass is 439 g/mol.